The second-order valence-corrected chi connectivity index (χ2v) is 17.2. The zero-order valence-electron chi connectivity index (χ0n) is 32.9. The maximum absolute atomic E-state index is 13.4. The number of sulfone groups is 1. The van der Waals surface area contributed by atoms with Crippen molar-refractivity contribution in [3.63, 3.8) is 0 Å². The fourth-order valence-corrected chi connectivity index (χ4v) is 8.87. The number of aryl methyl sites for hydroxylation is 3. The van der Waals surface area contributed by atoms with Crippen LogP contribution in [0.1, 0.15) is 62.3 Å². The van der Waals surface area contributed by atoms with Gasteiger partial charge in [-0.1, -0.05) is 76.0 Å². The molecule has 8 rings (SSSR count). The minimum atomic E-state index is -3.66. The van der Waals surface area contributed by atoms with Gasteiger partial charge in [-0.3, -0.25) is 4.68 Å². The summed E-state index contributed by atoms with van der Waals surface area (Å²) in [6, 6.07) is 39.9. The number of fused-ring (bicyclic) bond motifs is 3. The third-order valence-corrected chi connectivity index (χ3v) is 12.1. The van der Waals surface area contributed by atoms with Gasteiger partial charge < -0.3 is 9.30 Å². The van der Waals surface area contributed by atoms with Crippen LogP contribution in [0.4, 0.5) is 0 Å². The Morgan fingerprint density at radius 2 is 1.51 bits per heavy atom. The first kappa shape index (κ1) is 39.9. The molecule has 9 heteroatoms. The van der Waals surface area contributed by atoms with E-state index >= 15 is 0 Å². The van der Waals surface area contributed by atoms with Gasteiger partial charge in [0.05, 0.1) is 16.0 Å². The molecular formula is C48H44N4O3PtS. The number of ether oxygens (including phenoxy) is 1. The molecule has 0 aliphatic heterocycles. The van der Waals surface area contributed by atoms with E-state index in [4.69, 9.17) is 14.8 Å². The number of nitrogens with zero attached hydrogens (tertiary/aromatic N) is 4. The number of rotatable bonds is 11. The molecule has 0 saturated heterocycles. The average Bonchev–Trinajstić information content (AvgIpc) is 3.80. The smallest absolute Gasteiger partial charge is 0.509 e. The van der Waals surface area contributed by atoms with Crippen LogP contribution in [0.2, 0.25) is 0 Å². The van der Waals surface area contributed by atoms with Crippen molar-refractivity contribution in [3.05, 3.63) is 156 Å². The van der Waals surface area contributed by atoms with E-state index in [1.54, 1.807) is 36.4 Å². The SMILES string of the molecule is Cc1cc(S(=O)(=O)c2ccccc2)cc(C)c1-c1cnn(-c2[c-]c(Oc3[c-]c4c(cc3)c3ccccc3n4-c3cc(C(C)C)ccn3)cc(CCC(C)C)c2)c1.[Pt+2]. The number of aromatic nitrogens is 4. The second kappa shape index (κ2) is 16.3. The van der Waals surface area contributed by atoms with Crippen LogP contribution in [0.5, 0.6) is 11.5 Å². The molecule has 7 nitrogen and oxygen atoms in total. The monoisotopic (exact) mass is 951 g/mol. The van der Waals surface area contributed by atoms with Crippen molar-refractivity contribution >= 4 is 31.6 Å². The number of hydrogen-bond donors (Lipinski definition) is 0. The molecule has 290 valence electrons. The molecule has 0 aliphatic carbocycles. The van der Waals surface area contributed by atoms with E-state index in [0.717, 1.165) is 74.0 Å². The first-order chi connectivity index (χ1) is 27.0. The van der Waals surface area contributed by atoms with E-state index in [0.29, 0.717) is 23.3 Å². The van der Waals surface area contributed by atoms with E-state index < -0.39 is 9.84 Å². The van der Waals surface area contributed by atoms with E-state index in [1.165, 1.54) is 5.56 Å². The van der Waals surface area contributed by atoms with Gasteiger partial charge in [0.15, 0.2) is 0 Å². The molecule has 3 heterocycles. The van der Waals surface area contributed by atoms with Gasteiger partial charge in [-0.05, 0) is 108 Å². The summed E-state index contributed by atoms with van der Waals surface area (Å²) >= 11 is 0. The van der Waals surface area contributed by atoms with Crippen molar-refractivity contribution in [1.82, 2.24) is 19.3 Å². The molecule has 0 radical (unpaired) electrons. The third-order valence-electron chi connectivity index (χ3n) is 10.3. The van der Waals surface area contributed by atoms with E-state index in [2.05, 4.69) is 99.0 Å². The fourth-order valence-electron chi connectivity index (χ4n) is 7.42. The standard InChI is InChI=1S/C48H44N4O3S.Pt/c1-31(2)16-17-35-24-38(51-30-37(29-50-51)48-33(5)22-42(23-34(48)6)56(53,54)41-12-8-7-9-13-41)27-40(25-35)55-39-18-19-44-43-14-10-11-15-45(43)52(46(44)28-39)47-26-36(32(3)4)20-21-49-47;/h7-15,18-26,29-32H,16-17H2,1-6H3;/q-2;+2. The Balaban J connectivity index is 0.00000496. The summed E-state index contributed by atoms with van der Waals surface area (Å²) in [5.74, 6) is 2.88. The summed E-state index contributed by atoms with van der Waals surface area (Å²) in [5.41, 5.74) is 8.56. The van der Waals surface area contributed by atoms with Crippen molar-refractivity contribution in [1.29, 1.82) is 0 Å². The molecule has 8 aromatic rings. The Morgan fingerprint density at radius 1 is 0.772 bits per heavy atom. The van der Waals surface area contributed by atoms with Gasteiger partial charge in [-0.25, -0.2) is 13.4 Å². The molecule has 0 N–H and O–H groups in total. The van der Waals surface area contributed by atoms with Crippen molar-refractivity contribution in [2.45, 2.75) is 70.1 Å². The Kier molecular flexibility index (Phi) is 11.4. The maximum atomic E-state index is 13.4. The summed E-state index contributed by atoms with van der Waals surface area (Å²) in [6.45, 7) is 12.7. The largest absolute Gasteiger partial charge is 2.00 e. The van der Waals surface area contributed by atoms with Gasteiger partial charge in [-0.15, -0.1) is 35.7 Å². The van der Waals surface area contributed by atoms with Crippen LogP contribution < -0.4 is 4.74 Å². The van der Waals surface area contributed by atoms with E-state index in [9.17, 15) is 8.42 Å². The third kappa shape index (κ3) is 7.99. The summed E-state index contributed by atoms with van der Waals surface area (Å²) in [6.07, 6.45) is 7.55. The normalized spacial score (nSPS) is 11.8. The number of benzene rings is 5. The van der Waals surface area contributed by atoms with E-state index in [1.807, 2.05) is 49.3 Å². The fraction of sp³-hybridized carbons (Fsp3) is 0.208. The van der Waals surface area contributed by atoms with Crippen LogP contribution in [-0.2, 0) is 37.3 Å². The molecule has 0 unspecified atom stereocenters. The second-order valence-electron chi connectivity index (χ2n) is 15.2. The van der Waals surface area contributed by atoms with Crippen molar-refractivity contribution in [2.24, 2.45) is 5.92 Å². The quantitative estimate of drug-likeness (QED) is 0.121. The van der Waals surface area contributed by atoms with Gasteiger partial charge in [0.25, 0.3) is 0 Å². The number of hydrogen-bond acceptors (Lipinski definition) is 5. The molecule has 0 fully saturated rings. The van der Waals surface area contributed by atoms with Crippen molar-refractivity contribution in [3.8, 4) is 34.1 Å². The molecule has 0 aliphatic rings. The number of pyridine rings is 1. The van der Waals surface area contributed by atoms with Gasteiger partial charge in [0, 0.05) is 35.0 Å². The Bertz CT molecular complexity index is 2820. The molecule has 0 atom stereocenters. The van der Waals surface area contributed by atoms with Crippen molar-refractivity contribution in [2.75, 3.05) is 0 Å². The van der Waals surface area contributed by atoms with Gasteiger partial charge >= 0.3 is 21.1 Å². The predicted octanol–water partition coefficient (Wildman–Crippen LogP) is 11.6. The average molecular weight is 952 g/mol. The molecular weight excluding hydrogens is 908 g/mol. The van der Waals surface area contributed by atoms with Crippen LogP contribution in [0.15, 0.2) is 132 Å². The molecule has 0 spiro atoms. The van der Waals surface area contributed by atoms with Gasteiger partial charge in [0.2, 0.25) is 9.84 Å². The molecule has 3 aromatic heterocycles. The Morgan fingerprint density at radius 3 is 2.25 bits per heavy atom. The Hall–Kier alpha value is -5.30. The minimum Gasteiger partial charge on any atom is -0.509 e. The summed E-state index contributed by atoms with van der Waals surface area (Å²) in [5, 5.41) is 6.97. The summed E-state index contributed by atoms with van der Waals surface area (Å²) in [4.78, 5) is 5.34. The summed E-state index contributed by atoms with van der Waals surface area (Å²) < 4.78 is 37.5. The van der Waals surface area contributed by atoms with Crippen LogP contribution in [0.3, 0.4) is 0 Å². The molecule has 0 saturated carbocycles. The first-order valence-electron chi connectivity index (χ1n) is 19.1. The predicted molar refractivity (Wildman–Crippen MR) is 224 cm³/mol. The summed E-state index contributed by atoms with van der Waals surface area (Å²) in [7, 11) is -3.66. The molecule has 0 amide bonds. The van der Waals surface area contributed by atoms with Crippen LogP contribution in [-0.4, -0.2) is 27.7 Å². The van der Waals surface area contributed by atoms with Crippen LogP contribution >= 0.6 is 0 Å². The molecule has 5 aromatic carbocycles. The van der Waals surface area contributed by atoms with Gasteiger partial charge in [0.1, 0.15) is 5.82 Å². The van der Waals surface area contributed by atoms with Crippen LogP contribution in [0.25, 0.3) is 44.4 Å². The maximum Gasteiger partial charge on any atom is 2.00 e. The van der Waals surface area contributed by atoms with Crippen LogP contribution in [0, 0.1) is 31.9 Å². The van der Waals surface area contributed by atoms with Gasteiger partial charge in [-0.2, -0.15) is 16.7 Å². The van der Waals surface area contributed by atoms with E-state index in [-0.39, 0.29) is 30.9 Å². The molecule has 57 heavy (non-hydrogen) atoms. The minimum absolute atomic E-state index is 0. The molecule has 0 bridgehead atoms. The van der Waals surface area contributed by atoms with Crippen molar-refractivity contribution < 1.29 is 34.2 Å². The topological polar surface area (TPSA) is 79.0 Å². The Labute approximate surface area is 349 Å². The zero-order valence-corrected chi connectivity index (χ0v) is 35.9. The first-order valence-corrected chi connectivity index (χ1v) is 20.6. The number of para-hydroxylation sites is 1. The zero-order chi connectivity index (χ0) is 39.1.